The van der Waals surface area contributed by atoms with Crippen molar-refractivity contribution in [2.45, 2.75) is 6.10 Å². The summed E-state index contributed by atoms with van der Waals surface area (Å²) in [5.74, 6) is -2.37. The summed E-state index contributed by atoms with van der Waals surface area (Å²) in [5.41, 5.74) is 0.200. The average molecular weight is 315 g/mol. The lowest BCUT2D eigenvalue weighted by molar-refractivity contribution is -0.147. The number of carboxylic acid groups (broad SMARTS) is 1. The summed E-state index contributed by atoms with van der Waals surface area (Å²) in [7, 11) is 0. The van der Waals surface area contributed by atoms with Crippen LogP contribution in [0, 0.1) is 5.82 Å². The number of aliphatic carboxylic acids is 1. The maximum Gasteiger partial charge on any atom is 0.337 e. The summed E-state index contributed by atoms with van der Waals surface area (Å²) >= 11 is 11.9. The molecule has 6 heteroatoms. The molecule has 0 aliphatic carbocycles. The number of hydrogen-bond donors (Lipinski definition) is 2. The Labute approximate surface area is 124 Å². The number of rotatable bonds is 3. The average Bonchev–Trinajstić information content (AvgIpc) is 2.41. The summed E-state index contributed by atoms with van der Waals surface area (Å²) in [4.78, 5) is 10.9. The molecule has 0 saturated carbocycles. The summed E-state index contributed by atoms with van der Waals surface area (Å²) in [6.45, 7) is 0. The van der Waals surface area contributed by atoms with Crippen LogP contribution in [0.25, 0.3) is 11.1 Å². The number of halogens is 3. The first-order valence-electron chi connectivity index (χ1n) is 5.57. The molecule has 1 atom stereocenters. The van der Waals surface area contributed by atoms with E-state index >= 15 is 0 Å². The third kappa shape index (κ3) is 2.63. The third-order valence-corrected chi connectivity index (χ3v) is 3.62. The van der Waals surface area contributed by atoms with Gasteiger partial charge in [0.05, 0.1) is 10.0 Å². The zero-order valence-corrected chi connectivity index (χ0v) is 11.5. The molecule has 20 heavy (non-hydrogen) atoms. The van der Waals surface area contributed by atoms with Crippen molar-refractivity contribution >= 4 is 29.2 Å². The van der Waals surface area contributed by atoms with Crippen LogP contribution in [0.1, 0.15) is 11.7 Å². The van der Waals surface area contributed by atoms with E-state index in [2.05, 4.69) is 0 Å². The molecule has 0 bridgehead atoms. The highest BCUT2D eigenvalue weighted by molar-refractivity contribution is 6.43. The first-order chi connectivity index (χ1) is 9.43. The lowest BCUT2D eigenvalue weighted by atomic mass is 9.95. The Morgan fingerprint density at radius 1 is 1.10 bits per heavy atom. The second-order valence-corrected chi connectivity index (χ2v) is 4.83. The summed E-state index contributed by atoms with van der Waals surface area (Å²) in [6, 6.07) is 8.68. The molecule has 2 rings (SSSR count). The quantitative estimate of drug-likeness (QED) is 0.902. The molecule has 1 unspecified atom stereocenters. The van der Waals surface area contributed by atoms with Gasteiger partial charge in [-0.15, -0.1) is 0 Å². The first-order valence-corrected chi connectivity index (χ1v) is 6.32. The van der Waals surface area contributed by atoms with Crippen molar-refractivity contribution < 1.29 is 19.4 Å². The molecule has 0 amide bonds. The first kappa shape index (κ1) is 14.8. The molecular weight excluding hydrogens is 306 g/mol. The van der Waals surface area contributed by atoms with E-state index in [1.165, 1.54) is 12.1 Å². The van der Waals surface area contributed by atoms with Crippen LogP contribution in [0.3, 0.4) is 0 Å². The maximum absolute atomic E-state index is 13.9. The van der Waals surface area contributed by atoms with Crippen LogP contribution < -0.4 is 0 Å². The number of aliphatic hydroxyl groups excluding tert-OH is 1. The molecule has 0 radical (unpaired) electrons. The molecule has 2 aromatic rings. The SMILES string of the molecule is O=C(O)C(O)c1c(F)cccc1-c1cccc(Cl)c1Cl. The van der Waals surface area contributed by atoms with E-state index in [9.17, 15) is 14.3 Å². The van der Waals surface area contributed by atoms with Gasteiger partial charge in [-0.25, -0.2) is 9.18 Å². The molecule has 0 heterocycles. The molecular formula is C14H9Cl2FO3. The molecule has 0 aliphatic rings. The highest BCUT2D eigenvalue weighted by Gasteiger charge is 2.25. The van der Waals surface area contributed by atoms with E-state index in [1.54, 1.807) is 18.2 Å². The minimum atomic E-state index is -1.98. The van der Waals surface area contributed by atoms with Gasteiger partial charge < -0.3 is 10.2 Å². The van der Waals surface area contributed by atoms with Gasteiger partial charge in [-0.2, -0.15) is 0 Å². The fourth-order valence-electron chi connectivity index (χ4n) is 1.89. The van der Waals surface area contributed by atoms with Crippen molar-refractivity contribution in [3.63, 3.8) is 0 Å². The van der Waals surface area contributed by atoms with Gasteiger partial charge in [0.2, 0.25) is 0 Å². The number of carboxylic acids is 1. The van der Waals surface area contributed by atoms with Crippen LogP contribution in [0.15, 0.2) is 36.4 Å². The Morgan fingerprint density at radius 2 is 1.70 bits per heavy atom. The second kappa shape index (κ2) is 5.79. The normalized spacial score (nSPS) is 12.2. The zero-order valence-electron chi connectivity index (χ0n) is 9.98. The standard InChI is InChI=1S/C14H9Cl2FO3/c15-9-5-1-4-8(12(9)16)7-3-2-6-10(17)11(7)13(18)14(19)20/h1-6,13,18H,(H,19,20). The van der Waals surface area contributed by atoms with Crippen LogP contribution in [0.2, 0.25) is 10.0 Å². The van der Waals surface area contributed by atoms with Gasteiger partial charge in [-0.3, -0.25) is 0 Å². The second-order valence-electron chi connectivity index (χ2n) is 4.04. The monoisotopic (exact) mass is 314 g/mol. The number of hydrogen-bond acceptors (Lipinski definition) is 2. The van der Waals surface area contributed by atoms with Gasteiger partial charge in [0.1, 0.15) is 5.82 Å². The van der Waals surface area contributed by atoms with Crippen molar-refractivity contribution in [1.29, 1.82) is 0 Å². The number of carbonyl (C=O) groups is 1. The van der Waals surface area contributed by atoms with E-state index in [-0.39, 0.29) is 21.2 Å². The third-order valence-electron chi connectivity index (χ3n) is 2.80. The molecule has 0 aromatic heterocycles. The van der Waals surface area contributed by atoms with Gasteiger partial charge in [-0.1, -0.05) is 47.5 Å². The minimum absolute atomic E-state index is 0.165. The number of aliphatic hydroxyl groups is 1. The van der Waals surface area contributed by atoms with Crippen LogP contribution >= 0.6 is 23.2 Å². The predicted molar refractivity (Wildman–Crippen MR) is 74.5 cm³/mol. The van der Waals surface area contributed by atoms with Gasteiger partial charge in [0.15, 0.2) is 6.10 Å². The van der Waals surface area contributed by atoms with Crippen LogP contribution in [0.5, 0.6) is 0 Å². The Bertz CT molecular complexity index is 673. The van der Waals surface area contributed by atoms with Crippen molar-refractivity contribution in [2.75, 3.05) is 0 Å². The van der Waals surface area contributed by atoms with Gasteiger partial charge >= 0.3 is 5.97 Å². The molecule has 0 saturated heterocycles. The highest BCUT2D eigenvalue weighted by atomic mass is 35.5. The summed E-state index contributed by atoms with van der Waals surface area (Å²) in [6.07, 6.45) is -1.98. The van der Waals surface area contributed by atoms with Crippen molar-refractivity contribution in [1.82, 2.24) is 0 Å². The smallest absolute Gasteiger partial charge is 0.337 e. The van der Waals surface area contributed by atoms with Crippen molar-refractivity contribution in [3.8, 4) is 11.1 Å². The Balaban J connectivity index is 2.72. The highest BCUT2D eigenvalue weighted by Crippen LogP contribution is 2.37. The molecule has 104 valence electrons. The van der Waals surface area contributed by atoms with E-state index < -0.39 is 17.9 Å². The predicted octanol–water partition coefficient (Wildman–Crippen LogP) is 3.92. The lowest BCUT2D eigenvalue weighted by Gasteiger charge is -2.15. The Hall–Kier alpha value is -1.62. The fourth-order valence-corrected chi connectivity index (χ4v) is 2.29. The van der Waals surface area contributed by atoms with E-state index in [0.717, 1.165) is 6.07 Å². The molecule has 2 aromatic carbocycles. The molecule has 0 fully saturated rings. The van der Waals surface area contributed by atoms with Crippen LogP contribution in [-0.2, 0) is 4.79 Å². The van der Waals surface area contributed by atoms with Gasteiger partial charge in [-0.05, 0) is 17.7 Å². The largest absolute Gasteiger partial charge is 0.479 e. The van der Waals surface area contributed by atoms with Gasteiger partial charge in [0, 0.05) is 11.1 Å². The zero-order chi connectivity index (χ0) is 14.9. The van der Waals surface area contributed by atoms with Crippen LogP contribution in [0.4, 0.5) is 4.39 Å². The van der Waals surface area contributed by atoms with E-state index in [4.69, 9.17) is 28.3 Å². The molecule has 0 spiro atoms. The lowest BCUT2D eigenvalue weighted by Crippen LogP contribution is -2.13. The molecule has 3 nitrogen and oxygen atoms in total. The fraction of sp³-hybridized carbons (Fsp3) is 0.0714. The van der Waals surface area contributed by atoms with Crippen molar-refractivity contribution in [2.24, 2.45) is 0 Å². The van der Waals surface area contributed by atoms with E-state index in [1.807, 2.05) is 0 Å². The Kier molecular flexibility index (Phi) is 4.28. The maximum atomic E-state index is 13.9. The number of benzene rings is 2. The van der Waals surface area contributed by atoms with Crippen molar-refractivity contribution in [3.05, 3.63) is 57.8 Å². The molecule has 0 aliphatic heterocycles. The van der Waals surface area contributed by atoms with E-state index in [0.29, 0.717) is 5.56 Å². The minimum Gasteiger partial charge on any atom is -0.479 e. The molecule has 2 N–H and O–H groups in total. The summed E-state index contributed by atoms with van der Waals surface area (Å²) < 4.78 is 13.9. The topological polar surface area (TPSA) is 57.5 Å². The van der Waals surface area contributed by atoms with Gasteiger partial charge in [0.25, 0.3) is 0 Å². The Morgan fingerprint density at radius 3 is 2.35 bits per heavy atom. The summed E-state index contributed by atoms with van der Waals surface area (Å²) in [5, 5.41) is 19.0. The van der Waals surface area contributed by atoms with Crippen LogP contribution in [-0.4, -0.2) is 16.2 Å².